The van der Waals surface area contributed by atoms with Crippen molar-refractivity contribution in [1.82, 2.24) is 4.90 Å². The molecule has 96 valence electrons. The van der Waals surface area contributed by atoms with E-state index >= 15 is 0 Å². The van der Waals surface area contributed by atoms with Gasteiger partial charge in [-0.2, -0.15) is 0 Å². The molecule has 1 atom stereocenters. The third kappa shape index (κ3) is 4.84. The van der Waals surface area contributed by atoms with Crippen LogP contribution in [0.1, 0.15) is 58.8 Å². The number of hydrogen-bond donors (Lipinski definition) is 1. The fourth-order valence-corrected chi connectivity index (χ4v) is 3.05. The van der Waals surface area contributed by atoms with E-state index in [2.05, 4.69) is 18.7 Å². The van der Waals surface area contributed by atoms with Gasteiger partial charge in [-0.3, -0.25) is 0 Å². The molecule has 1 N–H and O–H groups in total. The van der Waals surface area contributed by atoms with Crippen molar-refractivity contribution in [2.75, 3.05) is 26.2 Å². The van der Waals surface area contributed by atoms with Crippen molar-refractivity contribution in [2.24, 2.45) is 5.41 Å². The summed E-state index contributed by atoms with van der Waals surface area (Å²) in [7, 11) is 0. The van der Waals surface area contributed by atoms with Crippen LogP contribution in [0.5, 0.6) is 0 Å². The minimum atomic E-state index is 0.355. The van der Waals surface area contributed by atoms with Gasteiger partial charge in [-0.1, -0.05) is 20.3 Å². The van der Waals surface area contributed by atoms with E-state index in [-0.39, 0.29) is 0 Å². The predicted molar refractivity (Wildman–Crippen MR) is 69.6 cm³/mol. The van der Waals surface area contributed by atoms with E-state index in [0.717, 1.165) is 6.42 Å². The number of piperidine rings is 1. The van der Waals surface area contributed by atoms with Gasteiger partial charge in [-0.15, -0.1) is 0 Å². The maximum Gasteiger partial charge on any atom is 0.0431 e. The van der Waals surface area contributed by atoms with E-state index in [1.807, 2.05) is 0 Å². The van der Waals surface area contributed by atoms with Crippen LogP contribution in [0.15, 0.2) is 0 Å². The van der Waals surface area contributed by atoms with Gasteiger partial charge >= 0.3 is 0 Å². The molecule has 2 heteroatoms. The lowest BCUT2D eigenvalue weighted by atomic mass is 9.78. The lowest BCUT2D eigenvalue weighted by Crippen LogP contribution is -2.42. The van der Waals surface area contributed by atoms with Crippen LogP contribution >= 0.6 is 0 Å². The number of aliphatic hydroxyl groups excluding tert-OH is 1. The molecular weight excluding hydrogens is 198 g/mol. The lowest BCUT2D eigenvalue weighted by molar-refractivity contribution is 0.0925. The van der Waals surface area contributed by atoms with Gasteiger partial charge in [0.15, 0.2) is 0 Å². The van der Waals surface area contributed by atoms with Crippen LogP contribution in [0.2, 0.25) is 0 Å². The molecule has 1 unspecified atom stereocenters. The summed E-state index contributed by atoms with van der Waals surface area (Å²) < 4.78 is 0. The lowest BCUT2D eigenvalue weighted by Gasteiger charge is -2.40. The number of nitrogens with zero attached hydrogens (tertiary/aromatic N) is 1. The van der Waals surface area contributed by atoms with E-state index in [1.165, 1.54) is 58.2 Å². The fraction of sp³-hybridized carbons (Fsp3) is 1.00. The smallest absolute Gasteiger partial charge is 0.0431 e. The Bertz CT molecular complexity index is 180. The van der Waals surface area contributed by atoms with Crippen LogP contribution in [0.25, 0.3) is 0 Å². The molecule has 0 bridgehead atoms. The largest absolute Gasteiger partial charge is 0.396 e. The highest BCUT2D eigenvalue weighted by Gasteiger charge is 2.29. The van der Waals surface area contributed by atoms with Crippen LogP contribution in [-0.4, -0.2) is 36.2 Å². The van der Waals surface area contributed by atoms with Crippen LogP contribution in [0, 0.1) is 5.41 Å². The molecule has 0 aliphatic carbocycles. The monoisotopic (exact) mass is 227 g/mol. The Kier molecular flexibility index (Phi) is 6.37. The summed E-state index contributed by atoms with van der Waals surface area (Å²) in [6.45, 7) is 8.92. The highest BCUT2D eigenvalue weighted by Crippen LogP contribution is 2.33. The Hall–Kier alpha value is -0.0800. The summed E-state index contributed by atoms with van der Waals surface area (Å²) in [6, 6.07) is 0. The van der Waals surface area contributed by atoms with Gasteiger partial charge in [-0.05, 0) is 57.0 Å². The highest BCUT2D eigenvalue weighted by atomic mass is 16.2. The van der Waals surface area contributed by atoms with E-state index in [1.54, 1.807) is 0 Å². The first-order valence-electron chi connectivity index (χ1n) is 7.03. The Labute approximate surface area is 101 Å². The van der Waals surface area contributed by atoms with Crippen molar-refractivity contribution >= 4 is 0 Å². The molecule has 2 nitrogen and oxygen atoms in total. The minimum Gasteiger partial charge on any atom is -0.396 e. The Morgan fingerprint density at radius 3 is 2.75 bits per heavy atom. The van der Waals surface area contributed by atoms with Crippen molar-refractivity contribution in [3.05, 3.63) is 0 Å². The first-order valence-corrected chi connectivity index (χ1v) is 7.03. The molecule has 0 radical (unpaired) electrons. The second-order valence-electron chi connectivity index (χ2n) is 5.72. The van der Waals surface area contributed by atoms with E-state index in [0.29, 0.717) is 12.0 Å². The van der Waals surface area contributed by atoms with Crippen molar-refractivity contribution in [3.63, 3.8) is 0 Å². The van der Waals surface area contributed by atoms with Gasteiger partial charge in [0.05, 0.1) is 0 Å². The van der Waals surface area contributed by atoms with E-state index < -0.39 is 0 Å². The normalized spacial score (nSPS) is 27.2. The van der Waals surface area contributed by atoms with Crippen molar-refractivity contribution in [3.8, 4) is 0 Å². The van der Waals surface area contributed by atoms with Gasteiger partial charge in [0.25, 0.3) is 0 Å². The SMILES string of the molecule is CCCC1(C)CCCN(CCCCCO)C1. The van der Waals surface area contributed by atoms with Gasteiger partial charge in [-0.25, -0.2) is 0 Å². The van der Waals surface area contributed by atoms with Gasteiger partial charge in [0.2, 0.25) is 0 Å². The molecule has 0 aromatic rings. The van der Waals surface area contributed by atoms with Crippen molar-refractivity contribution < 1.29 is 5.11 Å². The summed E-state index contributed by atoms with van der Waals surface area (Å²) in [5.41, 5.74) is 0.573. The zero-order valence-electron chi connectivity index (χ0n) is 11.2. The molecule has 1 heterocycles. The molecule has 1 aliphatic heterocycles. The number of unbranched alkanes of at least 4 members (excludes halogenated alkanes) is 2. The molecule has 16 heavy (non-hydrogen) atoms. The van der Waals surface area contributed by atoms with Gasteiger partial charge < -0.3 is 10.0 Å². The average Bonchev–Trinajstić information content (AvgIpc) is 2.24. The zero-order chi connectivity index (χ0) is 11.9. The molecule has 0 amide bonds. The van der Waals surface area contributed by atoms with E-state index in [4.69, 9.17) is 5.11 Å². The molecule has 0 spiro atoms. The summed E-state index contributed by atoms with van der Waals surface area (Å²) in [5, 5.41) is 8.74. The van der Waals surface area contributed by atoms with Crippen LogP contribution in [0.4, 0.5) is 0 Å². The highest BCUT2D eigenvalue weighted by molar-refractivity contribution is 4.83. The Morgan fingerprint density at radius 1 is 1.25 bits per heavy atom. The second kappa shape index (κ2) is 7.29. The molecular formula is C14H29NO. The molecule has 0 saturated carbocycles. The zero-order valence-corrected chi connectivity index (χ0v) is 11.2. The van der Waals surface area contributed by atoms with Gasteiger partial charge in [0, 0.05) is 13.2 Å². The first kappa shape index (κ1) is 14.0. The molecule has 1 rings (SSSR count). The Balaban J connectivity index is 2.22. The summed E-state index contributed by atoms with van der Waals surface area (Å²) in [5.74, 6) is 0. The first-order chi connectivity index (χ1) is 7.70. The summed E-state index contributed by atoms with van der Waals surface area (Å²) >= 11 is 0. The maximum absolute atomic E-state index is 8.74. The van der Waals surface area contributed by atoms with Crippen LogP contribution in [0.3, 0.4) is 0 Å². The molecule has 0 aromatic heterocycles. The summed E-state index contributed by atoms with van der Waals surface area (Å²) in [6.07, 6.45) is 8.87. The van der Waals surface area contributed by atoms with Crippen LogP contribution < -0.4 is 0 Å². The number of rotatable bonds is 7. The predicted octanol–water partition coefficient (Wildman–Crippen LogP) is 3.05. The average molecular weight is 227 g/mol. The fourth-order valence-electron chi connectivity index (χ4n) is 3.05. The molecule has 1 fully saturated rings. The number of hydrogen-bond acceptors (Lipinski definition) is 2. The third-order valence-electron chi connectivity index (χ3n) is 3.85. The maximum atomic E-state index is 8.74. The van der Waals surface area contributed by atoms with Crippen LogP contribution in [-0.2, 0) is 0 Å². The minimum absolute atomic E-state index is 0.355. The quantitative estimate of drug-likeness (QED) is 0.676. The van der Waals surface area contributed by atoms with E-state index in [9.17, 15) is 0 Å². The Morgan fingerprint density at radius 2 is 2.06 bits per heavy atom. The molecule has 0 aromatic carbocycles. The number of aliphatic hydroxyl groups is 1. The molecule has 1 aliphatic rings. The standard InChI is InChI=1S/C14H29NO/c1-3-8-14(2)9-7-11-15(13-14)10-5-4-6-12-16/h16H,3-13H2,1-2H3. The number of likely N-dealkylation sites (tertiary alicyclic amines) is 1. The summed E-state index contributed by atoms with van der Waals surface area (Å²) in [4.78, 5) is 2.64. The van der Waals surface area contributed by atoms with Gasteiger partial charge in [0.1, 0.15) is 0 Å². The van der Waals surface area contributed by atoms with Crippen molar-refractivity contribution in [2.45, 2.75) is 58.8 Å². The molecule has 1 saturated heterocycles. The van der Waals surface area contributed by atoms with Crippen molar-refractivity contribution in [1.29, 1.82) is 0 Å². The second-order valence-corrected chi connectivity index (χ2v) is 5.72. The third-order valence-corrected chi connectivity index (χ3v) is 3.85. The topological polar surface area (TPSA) is 23.5 Å².